The van der Waals surface area contributed by atoms with Crippen molar-refractivity contribution in [1.82, 2.24) is 4.84 Å². The van der Waals surface area contributed by atoms with Crippen LogP contribution >= 0.6 is 11.8 Å². The average molecular weight is 196 g/mol. The molecule has 0 spiro atoms. The highest BCUT2D eigenvalue weighted by Gasteiger charge is 2.21. The van der Waals surface area contributed by atoms with E-state index in [-0.39, 0.29) is 6.42 Å². The van der Waals surface area contributed by atoms with E-state index in [4.69, 9.17) is 11.8 Å². The Hall–Kier alpha value is -0.810. The number of hydrogen-bond acceptors (Lipinski definition) is 5. The molecule has 0 aliphatic rings. The minimum atomic E-state index is -0.857. The zero-order valence-electron chi connectivity index (χ0n) is 6.80. The predicted molar refractivity (Wildman–Crippen MR) is 41.4 cm³/mol. The van der Waals surface area contributed by atoms with Gasteiger partial charge in [0.05, 0.1) is 20.6 Å². The Kier molecular flexibility index (Phi) is 5.40. The van der Waals surface area contributed by atoms with E-state index in [1.807, 2.05) is 0 Å². The molecule has 0 heterocycles. The molecule has 0 aliphatic carbocycles. The maximum absolute atomic E-state index is 10.8. The molecule has 1 atom stereocenters. The summed E-state index contributed by atoms with van der Waals surface area (Å²) in [4.78, 5) is 23.6. The van der Waals surface area contributed by atoms with E-state index >= 15 is 0 Å². The minimum absolute atomic E-state index is 0.146. The number of ether oxygens (including phenoxy) is 2. The lowest BCUT2D eigenvalue weighted by Gasteiger charge is -2.09. The van der Waals surface area contributed by atoms with Gasteiger partial charge in [-0.3, -0.25) is 9.59 Å². The fraction of sp³-hybridized carbons (Fsp3) is 0.667. The topological polar surface area (TPSA) is 64.6 Å². The largest absolute Gasteiger partial charge is 0.469 e. The van der Waals surface area contributed by atoms with E-state index < -0.39 is 18.0 Å². The number of methoxy groups -OCH3 is 2. The van der Waals surface area contributed by atoms with Crippen LogP contribution in [0.4, 0.5) is 0 Å². The molecule has 12 heavy (non-hydrogen) atoms. The third-order valence-corrected chi connectivity index (χ3v) is 1.48. The molecule has 0 saturated heterocycles. The van der Waals surface area contributed by atoms with Crippen molar-refractivity contribution in [3.05, 3.63) is 0 Å². The molecular weight excluding hydrogens is 186 g/mol. The second kappa shape index (κ2) is 5.79. The van der Waals surface area contributed by atoms with Crippen LogP contribution in [0.15, 0.2) is 0 Å². The highest BCUT2D eigenvalue weighted by atomic mass is 35.5. The maximum Gasteiger partial charge on any atom is 0.324 e. The SMILES string of the molecule is COC(=O)CC(NCl)C(=O)OC. The van der Waals surface area contributed by atoms with Crippen molar-refractivity contribution in [3.8, 4) is 0 Å². The van der Waals surface area contributed by atoms with Crippen LogP contribution in [-0.2, 0) is 19.1 Å². The van der Waals surface area contributed by atoms with Gasteiger partial charge in [-0.15, -0.1) is 0 Å². The minimum Gasteiger partial charge on any atom is -0.469 e. The van der Waals surface area contributed by atoms with E-state index in [1.165, 1.54) is 14.2 Å². The molecule has 0 rings (SSSR count). The van der Waals surface area contributed by atoms with Crippen LogP contribution in [-0.4, -0.2) is 32.2 Å². The Labute approximate surface area is 75.1 Å². The number of hydrogen-bond donors (Lipinski definition) is 1. The lowest BCUT2D eigenvalue weighted by atomic mass is 10.2. The third-order valence-electron chi connectivity index (χ3n) is 1.22. The van der Waals surface area contributed by atoms with Crippen LogP contribution in [0.5, 0.6) is 0 Å². The molecule has 0 saturated carbocycles. The Morgan fingerprint density at radius 1 is 1.42 bits per heavy atom. The van der Waals surface area contributed by atoms with E-state index in [9.17, 15) is 9.59 Å². The zero-order valence-corrected chi connectivity index (χ0v) is 7.55. The molecule has 70 valence electrons. The smallest absolute Gasteiger partial charge is 0.324 e. The first-order chi connectivity index (χ1) is 5.65. The van der Waals surface area contributed by atoms with Gasteiger partial charge in [0.25, 0.3) is 0 Å². The fourth-order valence-electron chi connectivity index (χ4n) is 0.559. The number of rotatable bonds is 4. The van der Waals surface area contributed by atoms with Crippen molar-refractivity contribution in [3.63, 3.8) is 0 Å². The summed E-state index contributed by atoms with van der Waals surface area (Å²) in [6.45, 7) is 0. The normalized spacial score (nSPS) is 11.9. The van der Waals surface area contributed by atoms with Crippen LogP contribution < -0.4 is 4.84 Å². The van der Waals surface area contributed by atoms with E-state index in [0.29, 0.717) is 0 Å². The first-order valence-corrected chi connectivity index (χ1v) is 3.54. The molecule has 0 aromatic heterocycles. The van der Waals surface area contributed by atoms with Crippen LogP contribution in [0.3, 0.4) is 0 Å². The van der Waals surface area contributed by atoms with Crippen LogP contribution in [0, 0.1) is 0 Å². The van der Waals surface area contributed by atoms with Crippen molar-refractivity contribution >= 4 is 23.7 Å². The summed E-state index contributed by atoms with van der Waals surface area (Å²) in [5.41, 5.74) is 0. The molecule has 0 fully saturated rings. The van der Waals surface area contributed by atoms with Crippen LogP contribution in [0.1, 0.15) is 6.42 Å². The van der Waals surface area contributed by atoms with Gasteiger partial charge in [-0.05, 0) is 11.8 Å². The molecule has 0 radical (unpaired) electrons. The summed E-state index contributed by atoms with van der Waals surface area (Å²) in [5.74, 6) is -1.13. The predicted octanol–water partition coefficient (Wildman–Crippen LogP) is -0.166. The lowest BCUT2D eigenvalue weighted by molar-refractivity contribution is -0.149. The van der Waals surface area contributed by atoms with Gasteiger partial charge in [-0.1, -0.05) is 0 Å². The average Bonchev–Trinajstić information content (AvgIpc) is 2.12. The maximum atomic E-state index is 10.8. The second-order valence-corrected chi connectivity index (χ2v) is 2.18. The van der Waals surface area contributed by atoms with Crippen molar-refractivity contribution in [2.45, 2.75) is 12.5 Å². The number of halogens is 1. The van der Waals surface area contributed by atoms with Gasteiger partial charge in [0.15, 0.2) is 0 Å². The van der Waals surface area contributed by atoms with Gasteiger partial charge in [0.1, 0.15) is 6.04 Å². The van der Waals surface area contributed by atoms with Crippen molar-refractivity contribution in [2.75, 3.05) is 14.2 Å². The summed E-state index contributed by atoms with van der Waals surface area (Å²) < 4.78 is 8.69. The Bertz CT molecular complexity index is 173. The van der Waals surface area contributed by atoms with Crippen LogP contribution in [0.2, 0.25) is 0 Å². The zero-order chi connectivity index (χ0) is 9.56. The lowest BCUT2D eigenvalue weighted by Crippen LogP contribution is -2.34. The summed E-state index contributed by atoms with van der Waals surface area (Å²) in [6, 6.07) is -0.857. The Morgan fingerprint density at radius 3 is 2.33 bits per heavy atom. The van der Waals surface area contributed by atoms with Crippen molar-refractivity contribution < 1.29 is 19.1 Å². The van der Waals surface area contributed by atoms with E-state index in [2.05, 4.69) is 14.3 Å². The summed E-state index contributed by atoms with van der Waals surface area (Å²) in [7, 11) is 2.44. The molecule has 0 aliphatic heterocycles. The molecule has 1 unspecified atom stereocenters. The monoisotopic (exact) mass is 195 g/mol. The highest BCUT2D eigenvalue weighted by molar-refractivity contribution is 6.15. The van der Waals surface area contributed by atoms with Gasteiger partial charge in [0, 0.05) is 0 Å². The molecule has 0 aromatic carbocycles. The standard InChI is InChI=1S/C6H10ClNO4/c1-11-5(9)3-4(8-7)6(10)12-2/h4,8H,3H2,1-2H3. The van der Waals surface area contributed by atoms with Gasteiger partial charge < -0.3 is 9.47 Å². The first-order valence-electron chi connectivity index (χ1n) is 3.16. The highest BCUT2D eigenvalue weighted by Crippen LogP contribution is 1.97. The number of carbonyl (C=O) groups excluding carboxylic acids is 2. The fourth-order valence-corrected chi connectivity index (χ4v) is 0.725. The quantitative estimate of drug-likeness (QED) is 0.499. The van der Waals surface area contributed by atoms with E-state index in [0.717, 1.165) is 0 Å². The van der Waals surface area contributed by atoms with Gasteiger partial charge in [0.2, 0.25) is 0 Å². The molecule has 6 heteroatoms. The third kappa shape index (κ3) is 3.54. The Morgan fingerprint density at radius 2 is 2.00 bits per heavy atom. The van der Waals surface area contributed by atoms with E-state index in [1.54, 1.807) is 0 Å². The van der Waals surface area contributed by atoms with Gasteiger partial charge in [-0.2, -0.15) is 0 Å². The molecule has 0 aromatic rings. The summed E-state index contributed by atoms with van der Waals surface area (Å²) in [6.07, 6.45) is -0.146. The number of nitrogens with one attached hydrogen (secondary N) is 1. The number of carbonyl (C=O) groups is 2. The van der Waals surface area contributed by atoms with Gasteiger partial charge in [-0.25, -0.2) is 4.84 Å². The molecule has 5 nitrogen and oxygen atoms in total. The Balaban J connectivity index is 3.99. The summed E-state index contributed by atoms with van der Waals surface area (Å²) >= 11 is 5.18. The summed E-state index contributed by atoms with van der Waals surface area (Å²) in [5, 5.41) is 0. The van der Waals surface area contributed by atoms with Crippen molar-refractivity contribution in [1.29, 1.82) is 0 Å². The second-order valence-electron chi connectivity index (χ2n) is 1.97. The molecule has 1 N–H and O–H groups in total. The van der Waals surface area contributed by atoms with Crippen molar-refractivity contribution in [2.24, 2.45) is 0 Å². The molecular formula is C6H10ClNO4. The molecule has 0 bridgehead atoms. The van der Waals surface area contributed by atoms with Crippen LogP contribution in [0.25, 0.3) is 0 Å². The van der Waals surface area contributed by atoms with Gasteiger partial charge >= 0.3 is 11.9 Å². The number of esters is 2. The molecule has 0 amide bonds. The first kappa shape index (κ1) is 11.2.